The molecule has 0 aliphatic carbocycles. The number of anilines is 1. The Balaban J connectivity index is 1.99. The van der Waals surface area contributed by atoms with Crippen LogP contribution in [-0.2, 0) is 4.74 Å². The molecule has 0 bridgehead atoms. The Morgan fingerprint density at radius 1 is 1.20 bits per heavy atom. The zero-order chi connectivity index (χ0) is 14.6. The summed E-state index contributed by atoms with van der Waals surface area (Å²) < 4.78 is 5.23. The second-order valence-corrected chi connectivity index (χ2v) is 6.12. The van der Waals surface area contributed by atoms with Gasteiger partial charge in [-0.2, -0.15) is 0 Å². The van der Waals surface area contributed by atoms with Crippen LogP contribution in [0.4, 0.5) is 10.5 Å². The topological polar surface area (TPSA) is 38.3 Å². The summed E-state index contributed by atoms with van der Waals surface area (Å²) in [7, 11) is 0. The normalized spacial score (nSPS) is 11.3. The Morgan fingerprint density at radius 2 is 1.90 bits per heavy atom. The van der Waals surface area contributed by atoms with Crippen molar-refractivity contribution in [3.05, 3.63) is 42.5 Å². The SMILES string of the molecule is CC(C)(CBr)COC(=O)Nc1ccc2ccccc2c1. The molecule has 2 aromatic carbocycles. The second-order valence-electron chi connectivity index (χ2n) is 5.56. The number of fused-ring (bicyclic) bond motifs is 1. The number of hydrogen-bond donors (Lipinski definition) is 1. The zero-order valence-corrected chi connectivity index (χ0v) is 13.2. The first-order valence-electron chi connectivity index (χ1n) is 6.49. The number of hydrogen-bond acceptors (Lipinski definition) is 2. The van der Waals surface area contributed by atoms with E-state index in [9.17, 15) is 4.79 Å². The van der Waals surface area contributed by atoms with Gasteiger partial charge in [-0.25, -0.2) is 4.79 Å². The summed E-state index contributed by atoms with van der Waals surface area (Å²) in [6.45, 7) is 4.44. The van der Waals surface area contributed by atoms with Gasteiger partial charge in [0.25, 0.3) is 0 Å². The molecule has 0 atom stereocenters. The van der Waals surface area contributed by atoms with Gasteiger partial charge in [-0.15, -0.1) is 0 Å². The molecule has 0 saturated carbocycles. The molecule has 2 rings (SSSR count). The van der Waals surface area contributed by atoms with Crippen LogP contribution in [0.5, 0.6) is 0 Å². The number of rotatable bonds is 4. The first kappa shape index (κ1) is 14.9. The highest BCUT2D eigenvalue weighted by atomic mass is 79.9. The molecule has 0 heterocycles. The summed E-state index contributed by atoms with van der Waals surface area (Å²) in [6.07, 6.45) is -0.422. The summed E-state index contributed by atoms with van der Waals surface area (Å²) in [5.41, 5.74) is 0.672. The van der Waals surface area contributed by atoms with Crippen molar-refractivity contribution >= 4 is 38.5 Å². The lowest BCUT2D eigenvalue weighted by molar-refractivity contribution is 0.121. The van der Waals surface area contributed by atoms with Gasteiger partial charge < -0.3 is 4.74 Å². The maximum absolute atomic E-state index is 11.8. The number of benzene rings is 2. The van der Waals surface area contributed by atoms with Crippen LogP contribution in [0.2, 0.25) is 0 Å². The lowest BCUT2D eigenvalue weighted by atomic mass is 9.99. The van der Waals surface area contributed by atoms with E-state index in [0.717, 1.165) is 21.8 Å². The largest absolute Gasteiger partial charge is 0.449 e. The first-order chi connectivity index (χ1) is 9.50. The van der Waals surface area contributed by atoms with Gasteiger partial charge in [-0.05, 0) is 22.9 Å². The molecule has 0 fully saturated rings. The maximum Gasteiger partial charge on any atom is 0.411 e. The smallest absolute Gasteiger partial charge is 0.411 e. The number of halogens is 1. The van der Waals surface area contributed by atoms with Crippen molar-refractivity contribution in [2.24, 2.45) is 5.41 Å². The molecule has 0 saturated heterocycles. The second kappa shape index (κ2) is 6.27. The van der Waals surface area contributed by atoms with E-state index in [-0.39, 0.29) is 5.41 Å². The van der Waals surface area contributed by atoms with Gasteiger partial charge in [0.1, 0.15) is 0 Å². The monoisotopic (exact) mass is 335 g/mol. The zero-order valence-electron chi connectivity index (χ0n) is 11.7. The average molecular weight is 336 g/mol. The van der Waals surface area contributed by atoms with Gasteiger partial charge in [0.05, 0.1) is 6.61 Å². The Bertz CT molecular complexity index is 610. The third-order valence-corrected chi connectivity index (χ3v) is 4.47. The molecule has 3 nitrogen and oxygen atoms in total. The predicted octanol–water partition coefficient (Wildman–Crippen LogP) is 4.81. The molecule has 0 radical (unpaired) electrons. The van der Waals surface area contributed by atoms with Crippen LogP contribution in [0.1, 0.15) is 13.8 Å². The molecular weight excluding hydrogens is 318 g/mol. The Kier molecular flexibility index (Phi) is 4.65. The van der Waals surface area contributed by atoms with Crippen LogP contribution in [0.15, 0.2) is 42.5 Å². The van der Waals surface area contributed by atoms with E-state index in [4.69, 9.17) is 4.74 Å². The van der Waals surface area contributed by atoms with Crippen molar-refractivity contribution in [3.8, 4) is 0 Å². The van der Waals surface area contributed by atoms with Crippen molar-refractivity contribution in [3.63, 3.8) is 0 Å². The third-order valence-electron chi connectivity index (χ3n) is 2.95. The lowest BCUT2D eigenvalue weighted by Gasteiger charge is -2.21. The summed E-state index contributed by atoms with van der Waals surface area (Å²) in [6, 6.07) is 13.8. The highest BCUT2D eigenvalue weighted by Crippen LogP contribution is 2.20. The Labute approximate surface area is 127 Å². The van der Waals surface area contributed by atoms with Gasteiger partial charge in [-0.3, -0.25) is 5.32 Å². The molecule has 0 spiro atoms. The quantitative estimate of drug-likeness (QED) is 0.814. The van der Waals surface area contributed by atoms with Crippen molar-refractivity contribution in [1.82, 2.24) is 0 Å². The Morgan fingerprint density at radius 3 is 2.60 bits per heavy atom. The minimum Gasteiger partial charge on any atom is -0.449 e. The minimum atomic E-state index is -0.422. The van der Waals surface area contributed by atoms with E-state index in [0.29, 0.717) is 6.61 Å². The summed E-state index contributed by atoms with van der Waals surface area (Å²) in [5, 5.41) is 5.77. The van der Waals surface area contributed by atoms with Crippen LogP contribution in [0.25, 0.3) is 10.8 Å². The maximum atomic E-state index is 11.8. The average Bonchev–Trinajstić information content (AvgIpc) is 2.45. The van der Waals surface area contributed by atoms with Crippen LogP contribution in [0, 0.1) is 5.41 Å². The molecule has 4 heteroatoms. The third kappa shape index (κ3) is 3.97. The highest BCUT2D eigenvalue weighted by Gasteiger charge is 2.18. The molecule has 0 unspecified atom stereocenters. The molecule has 1 amide bonds. The molecule has 0 aliphatic heterocycles. The van der Waals surface area contributed by atoms with Gasteiger partial charge >= 0.3 is 6.09 Å². The van der Waals surface area contributed by atoms with Crippen molar-refractivity contribution in [2.45, 2.75) is 13.8 Å². The molecule has 2 aromatic rings. The number of ether oxygens (including phenoxy) is 1. The van der Waals surface area contributed by atoms with E-state index < -0.39 is 6.09 Å². The fourth-order valence-electron chi connectivity index (χ4n) is 1.72. The molecule has 106 valence electrons. The summed E-state index contributed by atoms with van der Waals surface area (Å²) in [4.78, 5) is 11.8. The number of nitrogens with one attached hydrogen (secondary N) is 1. The van der Waals surface area contributed by atoms with Crippen molar-refractivity contribution < 1.29 is 9.53 Å². The van der Waals surface area contributed by atoms with E-state index in [1.54, 1.807) is 0 Å². The van der Waals surface area contributed by atoms with Crippen LogP contribution in [0.3, 0.4) is 0 Å². The molecule has 0 aliphatic rings. The van der Waals surface area contributed by atoms with Gasteiger partial charge in [0, 0.05) is 16.4 Å². The van der Waals surface area contributed by atoms with E-state index in [1.165, 1.54) is 0 Å². The number of carbonyl (C=O) groups is 1. The van der Waals surface area contributed by atoms with Crippen molar-refractivity contribution in [2.75, 3.05) is 17.3 Å². The summed E-state index contributed by atoms with van der Waals surface area (Å²) in [5.74, 6) is 0. The van der Waals surface area contributed by atoms with Gasteiger partial charge in [0.2, 0.25) is 0 Å². The van der Waals surface area contributed by atoms with E-state index >= 15 is 0 Å². The molecule has 0 aromatic heterocycles. The highest BCUT2D eigenvalue weighted by molar-refractivity contribution is 9.09. The van der Waals surface area contributed by atoms with Crippen LogP contribution in [-0.4, -0.2) is 18.0 Å². The number of amides is 1. The lowest BCUT2D eigenvalue weighted by Crippen LogP contribution is -2.25. The van der Waals surface area contributed by atoms with Crippen LogP contribution < -0.4 is 5.32 Å². The molecular formula is C16H18BrNO2. The van der Waals surface area contributed by atoms with Crippen molar-refractivity contribution in [1.29, 1.82) is 0 Å². The number of carbonyl (C=O) groups excluding carboxylic acids is 1. The van der Waals surface area contributed by atoms with Gasteiger partial charge in [0.15, 0.2) is 0 Å². The Hall–Kier alpha value is -1.55. The minimum absolute atomic E-state index is 0.0687. The van der Waals surface area contributed by atoms with E-state index in [2.05, 4.69) is 21.2 Å². The predicted molar refractivity (Wildman–Crippen MR) is 86.5 cm³/mol. The summed E-state index contributed by atoms with van der Waals surface area (Å²) >= 11 is 3.40. The van der Waals surface area contributed by atoms with E-state index in [1.807, 2.05) is 56.3 Å². The molecule has 20 heavy (non-hydrogen) atoms. The number of alkyl halides is 1. The van der Waals surface area contributed by atoms with Gasteiger partial charge in [-0.1, -0.05) is 60.1 Å². The van der Waals surface area contributed by atoms with Crippen LogP contribution >= 0.6 is 15.9 Å². The fourth-order valence-corrected chi connectivity index (χ4v) is 1.88. The fraction of sp³-hybridized carbons (Fsp3) is 0.312. The molecule has 1 N–H and O–H groups in total. The standard InChI is InChI=1S/C16H18BrNO2/c1-16(2,10-17)11-20-15(19)18-14-8-7-12-5-3-4-6-13(12)9-14/h3-9H,10-11H2,1-2H3,(H,18,19). The first-order valence-corrected chi connectivity index (χ1v) is 7.61.